The number of nitrogens with one attached hydrogen (secondary N) is 8. The second-order valence-corrected chi connectivity index (χ2v) is 33.8. The number of nitrogens with zero attached hydrogens (tertiary/aromatic N) is 20. The van der Waals surface area contributed by atoms with Gasteiger partial charge in [-0.1, -0.05) is 12.1 Å². The predicted molar refractivity (Wildman–Crippen MR) is 485 cm³/mol. The molecule has 0 aromatic carbocycles. The SMILES string of the molecule is CCOC1CC(n2cc(NC(=O)c3csc(-c4cn[nH]c4)n3)c(-c3cccc(F)n3)n2)C1.CCOC1CC(n2cc(NC(=O)c3csc(-c4cn[nH]c4)n3)c(-c3cccc(F)n3)n2)C1.CCOC1CC(n2cc(NC(=O)c3csc(-c4cn[nH]c4)n3)c(-c3ncccc3F)n2)C1.CCOC1CCC(n2cc(NC(=O)c3csc(-c4cn[nH]c4)n3)c(-c3ncccc3F)n2)CC1.O=CO. The number of carbonyl (C=O) groups is 5. The van der Waals surface area contributed by atoms with Crippen LogP contribution in [0, 0.1) is 23.5 Å². The molecular weight excluding hydrogens is 1800 g/mol. The van der Waals surface area contributed by atoms with E-state index >= 15 is 0 Å². The molecule has 20 rings (SSSR count). The molecule has 686 valence electrons. The van der Waals surface area contributed by atoms with Gasteiger partial charge in [-0.2, -0.15) is 49.6 Å². The summed E-state index contributed by atoms with van der Waals surface area (Å²) in [5.41, 5.74) is 8.21. The van der Waals surface area contributed by atoms with Gasteiger partial charge in [0.05, 0.1) is 108 Å². The van der Waals surface area contributed by atoms with E-state index in [0.29, 0.717) is 97.7 Å². The van der Waals surface area contributed by atoms with E-state index in [4.69, 9.17) is 28.8 Å². The summed E-state index contributed by atoms with van der Waals surface area (Å²) in [7, 11) is 0. The van der Waals surface area contributed by atoms with E-state index in [9.17, 15) is 36.7 Å². The largest absolute Gasteiger partial charge is 0.483 e. The molecule has 4 aliphatic rings. The number of aromatic nitrogens is 24. The lowest BCUT2D eigenvalue weighted by molar-refractivity contribution is -0.122. The van der Waals surface area contributed by atoms with Crippen molar-refractivity contribution < 1.29 is 65.6 Å². The van der Waals surface area contributed by atoms with Gasteiger partial charge in [0.15, 0.2) is 11.6 Å². The topological polar surface area (TPSA) is 480 Å². The summed E-state index contributed by atoms with van der Waals surface area (Å²) in [5, 5.41) is 72.8. The Morgan fingerprint density at radius 1 is 0.398 bits per heavy atom. The molecule has 4 saturated carbocycles. The molecule has 133 heavy (non-hydrogen) atoms. The van der Waals surface area contributed by atoms with Crippen LogP contribution < -0.4 is 21.3 Å². The van der Waals surface area contributed by atoms with Crippen molar-refractivity contribution in [3.05, 3.63) is 215 Å². The molecule has 16 aromatic rings. The molecule has 0 aliphatic heterocycles. The molecule has 4 aliphatic carbocycles. The van der Waals surface area contributed by atoms with Crippen molar-refractivity contribution in [2.24, 2.45) is 0 Å². The summed E-state index contributed by atoms with van der Waals surface area (Å²) in [4.78, 5) is 93.8. The number of ether oxygens (including phenoxy) is 4. The van der Waals surface area contributed by atoms with Crippen LogP contribution in [-0.4, -0.2) is 206 Å². The van der Waals surface area contributed by atoms with Crippen LogP contribution in [-0.2, 0) is 23.7 Å². The standard InChI is InChI=1S/C23H24FN7O2S.3C21H20FN7O2S.CH2O2/c1-2-33-16-7-5-15(6-8-16)31-12-18(21(30-31)20-17(24)4-3-9-25-20)28-22(32)19-13-34-23(29-19)14-10-26-27-11-14;1-2-31-14-6-13(7-14)29-10-16(19(28-29)18-15(22)4-3-5-23-18)26-20(30)17-11-32-21(27-17)12-8-24-25-9-12;2*1-2-31-14-6-13(7-14)29-10-16(19(28-29)15-4-3-5-18(22)25-15)26-20(30)17-11-32-21(27-17)12-8-23-24-9-12;2-1-3/h3-4,9-13,15-16H,2,5-8H2,1H3,(H,26,27)(H,28,32);3-5,8-11,13-14H,2,6-7H2,1H3,(H,24,25)(H,26,30);2*3-5,8-11,13-14H,2,6-7H2,1H3,(H,23,24)(H,26,30);1H,(H,2,3). The van der Waals surface area contributed by atoms with E-state index in [1.165, 1.54) is 94.1 Å². The van der Waals surface area contributed by atoms with Crippen LogP contribution >= 0.6 is 45.3 Å². The molecule has 0 spiro atoms. The number of rotatable bonds is 28. The number of hydrogen-bond acceptors (Lipinski definition) is 29. The first-order valence-electron chi connectivity index (χ1n) is 42.3. The number of carboxylic acid groups (broad SMARTS) is 1. The molecule has 0 radical (unpaired) electrons. The first-order chi connectivity index (χ1) is 64.9. The third-order valence-electron chi connectivity index (χ3n) is 21.7. The molecule has 16 aromatic heterocycles. The highest BCUT2D eigenvalue weighted by molar-refractivity contribution is 7.14. The van der Waals surface area contributed by atoms with Crippen LogP contribution in [0.4, 0.5) is 40.3 Å². The number of hydrogen-bond donors (Lipinski definition) is 9. The Balaban J connectivity index is 0.000000128. The number of pyridine rings is 4. The minimum absolute atomic E-state index is 0.0830. The fourth-order valence-corrected chi connectivity index (χ4v) is 18.1. The van der Waals surface area contributed by atoms with Gasteiger partial charge in [-0.15, -0.1) is 45.3 Å². The van der Waals surface area contributed by atoms with Gasteiger partial charge >= 0.3 is 0 Å². The van der Waals surface area contributed by atoms with Crippen molar-refractivity contribution in [3.8, 4) is 87.8 Å². The molecule has 0 saturated heterocycles. The van der Waals surface area contributed by atoms with E-state index in [1.807, 2.05) is 32.4 Å². The van der Waals surface area contributed by atoms with Crippen LogP contribution in [0.25, 0.3) is 87.8 Å². The molecule has 38 nitrogen and oxygen atoms in total. The zero-order chi connectivity index (χ0) is 92.4. The highest BCUT2D eigenvalue weighted by Gasteiger charge is 2.37. The van der Waals surface area contributed by atoms with Crippen molar-refractivity contribution in [1.29, 1.82) is 0 Å². The maximum absolute atomic E-state index is 14.6. The third-order valence-corrected chi connectivity index (χ3v) is 25.3. The zero-order valence-corrected chi connectivity index (χ0v) is 74.7. The highest BCUT2D eigenvalue weighted by Crippen LogP contribution is 2.43. The summed E-state index contributed by atoms with van der Waals surface area (Å²) >= 11 is 5.38. The summed E-state index contributed by atoms with van der Waals surface area (Å²) in [6, 6.07) is 15.2. The van der Waals surface area contributed by atoms with Crippen LogP contribution in [0.2, 0.25) is 0 Å². The molecule has 4 fully saturated rings. The fourth-order valence-electron chi connectivity index (χ4n) is 15.0. The Bertz CT molecular complexity index is 6370. The number of aromatic amines is 4. The maximum Gasteiger partial charge on any atom is 0.290 e. The number of halogens is 4. The molecule has 0 unspecified atom stereocenters. The Morgan fingerprint density at radius 3 is 0.977 bits per heavy atom. The van der Waals surface area contributed by atoms with Gasteiger partial charge in [-0.05, 0) is 140 Å². The van der Waals surface area contributed by atoms with Gasteiger partial charge in [0.25, 0.3) is 30.1 Å². The fraction of sp³-hybridized carbons (Fsp3) is 0.299. The van der Waals surface area contributed by atoms with Gasteiger partial charge in [0, 0.05) is 132 Å². The van der Waals surface area contributed by atoms with Gasteiger partial charge in [0.2, 0.25) is 11.9 Å². The molecule has 46 heteroatoms. The number of thiazole rings is 4. The lowest BCUT2D eigenvalue weighted by atomic mass is 9.89. The number of anilines is 4. The van der Waals surface area contributed by atoms with E-state index in [0.717, 1.165) is 86.5 Å². The minimum atomic E-state index is -0.612. The van der Waals surface area contributed by atoms with Crippen molar-refractivity contribution in [2.75, 3.05) is 47.7 Å². The van der Waals surface area contributed by atoms with Crippen LogP contribution in [0.15, 0.2) is 169 Å². The van der Waals surface area contributed by atoms with E-state index in [2.05, 4.69) is 122 Å². The van der Waals surface area contributed by atoms with Gasteiger partial charge in [0.1, 0.15) is 77.0 Å². The lowest BCUT2D eigenvalue weighted by Crippen LogP contribution is -2.33. The molecule has 9 N–H and O–H groups in total. The van der Waals surface area contributed by atoms with Gasteiger partial charge in [-0.3, -0.25) is 73.1 Å². The zero-order valence-electron chi connectivity index (χ0n) is 71.5. The van der Waals surface area contributed by atoms with E-state index in [1.54, 1.807) is 134 Å². The van der Waals surface area contributed by atoms with Crippen molar-refractivity contribution in [1.82, 2.24) is 120 Å². The van der Waals surface area contributed by atoms with Gasteiger partial charge < -0.3 is 45.3 Å². The maximum atomic E-state index is 14.6. The van der Waals surface area contributed by atoms with Crippen molar-refractivity contribution in [3.63, 3.8) is 0 Å². The Hall–Kier alpha value is -14.3. The molecule has 0 atom stereocenters. The highest BCUT2D eigenvalue weighted by atomic mass is 32.1. The van der Waals surface area contributed by atoms with Gasteiger partial charge in [-0.25, -0.2) is 38.7 Å². The summed E-state index contributed by atoms with van der Waals surface area (Å²) in [6.45, 7) is 10.4. The van der Waals surface area contributed by atoms with E-state index < -0.39 is 35.3 Å². The average Bonchev–Trinajstić information content (AvgIpc) is 1.65. The monoisotopic (exact) mass is 1890 g/mol. The lowest BCUT2D eigenvalue weighted by Gasteiger charge is -2.34. The average molecular weight is 1890 g/mol. The quantitative estimate of drug-likeness (QED) is 0.0125. The number of carbonyl (C=O) groups excluding carboxylic acids is 4. The Morgan fingerprint density at radius 2 is 0.692 bits per heavy atom. The minimum Gasteiger partial charge on any atom is -0.483 e. The Kier molecular flexibility index (Phi) is 29.9. The first-order valence-corrected chi connectivity index (χ1v) is 45.8. The summed E-state index contributed by atoms with van der Waals surface area (Å²) in [5.74, 6) is -3.80. The number of H-pyrrole nitrogens is 4. The van der Waals surface area contributed by atoms with Crippen molar-refractivity contribution >= 4 is 98.2 Å². The normalized spacial score (nSPS) is 17.6. The molecular formula is C87H86F4N28O10S4. The van der Waals surface area contributed by atoms with E-state index in [-0.39, 0.29) is 107 Å². The third kappa shape index (κ3) is 22.3. The molecule has 4 amide bonds. The van der Waals surface area contributed by atoms with Crippen molar-refractivity contribution in [2.45, 2.75) is 140 Å². The molecule has 16 heterocycles. The van der Waals surface area contributed by atoms with Crippen LogP contribution in [0.3, 0.4) is 0 Å². The summed E-state index contributed by atoms with van der Waals surface area (Å²) in [6.07, 6.45) is 32.9. The Labute approximate surface area is 770 Å². The smallest absolute Gasteiger partial charge is 0.290 e. The molecule has 0 bridgehead atoms. The summed E-state index contributed by atoms with van der Waals surface area (Å²) < 4.78 is 86.4. The predicted octanol–water partition coefficient (Wildman–Crippen LogP) is 16.2. The first kappa shape index (κ1) is 92.0. The van der Waals surface area contributed by atoms with Crippen LogP contribution in [0.1, 0.15) is 158 Å². The number of amides is 4. The second kappa shape index (κ2) is 43.2. The second-order valence-electron chi connectivity index (χ2n) is 30.4. The van der Waals surface area contributed by atoms with Crippen LogP contribution in [0.5, 0.6) is 0 Å².